The topological polar surface area (TPSA) is 138 Å². The zero-order valence-corrected chi connectivity index (χ0v) is 21.0. The molecule has 2 amide bonds. The minimum atomic E-state index is -4.63. The van der Waals surface area contributed by atoms with Gasteiger partial charge in [0, 0.05) is 45.9 Å². The number of aryl methyl sites for hydroxylation is 1. The number of amides is 2. The first-order valence-corrected chi connectivity index (χ1v) is 12.1. The highest BCUT2D eigenvalue weighted by atomic mass is 19.4. The van der Waals surface area contributed by atoms with E-state index in [1.54, 1.807) is 35.2 Å². The standard InChI is InChI=1S/C24H24F3N9O3/c1-13(37)28-12-17-21(38)36-7-3-4-16-19(36)20(35(17)2)34-23(33-16)32-9-14-5-6-18(29-8-14)39-15-10-30-22(31-11-15)24(25,26)27/h5-6,8,10-11,17H,3-4,7,9,12H2,1-2H3,(H,28,37)(H,32,33,34)/t17-/m0/s1. The molecule has 3 aromatic heterocycles. The van der Waals surface area contributed by atoms with E-state index in [0.717, 1.165) is 30.1 Å². The molecule has 0 aliphatic carbocycles. The van der Waals surface area contributed by atoms with Crippen molar-refractivity contribution >= 4 is 29.3 Å². The zero-order chi connectivity index (χ0) is 27.7. The van der Waals surface area contributed by atoms with Crippen LogP contribution < -0.4 is 25.2 Å². The van der Waals surface area contributed by atoms with Gasteiger partial charge < -0.3 is 25.2 Å². The molecule has 5 rings (SSSR count). The molecule has 5 heterocycles. The fourth-order valence-corrected chi connectivity index (χ4v) is 4.35. The number of ether oxygens (including phenoxy) is 1. The summed E-state index contributed by atoms with van der Waals surface area (Å²) in [6.45, 7) is 2.47. The first-order valence-electron chi connectivity index (χ1n) is 12.1. The van der Waals surface area contributed by atoms with E-state index in [1.807, 2.05) is 0 Å². The summed E-state index contributed by atoms with van der Waals surface area (Å²) in [6, 6.07) is 2.72. The van der Waals surface area contributed by atoms with Crippen LogP contribution in [0.1, 0.15) is 30.4 Å². The molecular formula is C24H24F3N9O3. The first-order chi connectivity index (χ1) is 18.6. The van der Waals surface area contributed by atoms with E-state index in [4.69, 9.17) is 4.74 Å². The monoisotopic (exact) mass is 543 g/mol. The molecular weight excluding hydrogens is 519 g/mol. The van der Waals surface area contributed by atoms with Crippen molar-refractivity contribution in [2.75, 3.05) is 35.3 Å². The van der Waals surface area contributed by atoms with Crippen LogP contribution in [0.3, 0.4) is 0 Å². The van der Waals surface area contributed by atoms with Gasteiger partial charge in [-0.2, -0.15) is 18.2 Å². The Hall–Kier alpha value is -4.56. The van der Waals surface area contributed by atoms with E-state index in [-0.39, 0.29) is 30.0 Å². The molecule has 2 N–H and O–H groups in total. The molecule has 12 nitrogen and oxygen atoms in total. The third-order valence-electron chi connectivity index (χ3n) is 6.25. The third-order valence-corrected chi connectivity index (χ3v) is 6.25. The normalized spacial score (nSPS) is 16.5. The predicted octanol–water partition coefficient (Wildman–Crippen LogP) is 2.32. The second-order valence-electron chi connectivity index (χ2n) is 9.02. The van der Waals surface area contributed by atoms with Gasteiger partial charge in [0.1, 0.15) is 11.7 Å². The van der Waals surface area contributed by atoms with Gasteiger partial charge >= 0.3 is 6.18 Å². The highest BCUT2D eigenvalue weighted by molar-refractivity contribution is 6.06. The number of carbonyl (C=O) groups excluding carboxylic acids is 2. The van der Waals surface area contributed by atoms with Crippen molar-refractivity contribution < 1.29 is 27.5 Å². The summed E-state index contributed by atoms with van der Waals surface area (Å²) in [6.07, 6.45) is 0.241. The summed E-state index contributed by atoms with van der Waals surface area (Å²) in [5.74, 6) is -0.398. The lowest BCUT2D eigenvalue weighted by atomic mass is 10.0. The first kappa shape index (κ1) is 26.1. The maximum absolute atomic E-state index is 13.1. The van der Waals surface area contributed by atoms with E-state index in [1.165, 1.54) is 6.92 Å². The van der Waals surface area contributed by atoms with Crippen LogP contribution in [0, 0.1) is 0 Å². The summed E-state index contributed by atoms with van der Waals surface area (Å²) in [5.41, 5.74) is 2.25. The van der Waals surface area contributed by atoms with Gasteiger partial charge in [0.2, 0.25) is 23.6 Å². The van der Waals surface area contributed by atoms with Gasteiger partial charge in [0.15, 0.2) is 11.6 Å². The van der Waals surface area contributed by atoms with Gasteiger partial charge in [-0.05, 0) is 18.4 Å². The highest BCUT2D eigenvalue weighted by Crippen LogP contribution is 2.39. The maximum Gasteiger partial charge on any atom is 0.451 e. The number of halogens is 3. The van der Waals surface area contributed by atoms with Crippen molar-refractivity contribution in [3.63, 3.8) is 0 Å². The molecule has 0 bridgehead atoms. The second kappa shape index (κ2) is 10.3. The molecule has 2 aliphatic heterocycles. The lowest BCUT2D eigenvalue weighted by molar-refractivity contribution is -0.145. The number of carbonyl (C=O) groups is 2. The van der Waals surface area contributed by atoms with Gasteiger partial charge in [0.05, 0.1) is 18.1 Å². The quantitative estimate of drug-likeness (QED) is 0.457. The number of nitrogens with one attached hydrogen (secondary N) is 2. The fourth-order valence-electron chi connectivity index (χ4n) is 4.35. The van der Waals surface area contributed by atoms with Gasteiger partial charge in [-0.25, -0.2) is 19.9 Å². The van der Waals surface area contributed by atoms with Crippen molar-refractivity contribution in [2.45, 2.75) is 38.5 Å². The minimum Gasteiger partial charge on any atom is -0.436 e. The molecule has 0 saturated carbocycles. The van der Waals surface area contributed by atoms with Crippen LogP contribution in [0.4, 0.5) is 30.6 Å². The number of hydrogen-bond donors (Lipinski definition) is 2. The number of hydrogen-bond acceptors (Lipinski definition) is 10. The van der Waals surface area contributed by atoms with Crippen LogP contribution in [0.5, 0.6) is 11.6 Å². The molecule has 204 valence electrons. The zero-order valence-electron chi connectivity index (χ0n) is 21.0. The van der Waals surface area contributed by atoms with Crippen LogP contribution >= 0.6 is 0 Å². The van der Waals surface area contributed by atoms with Crippen LogP contribution in [-0.2, 0) is 28.7 Å². The Morgan fingerprint density at radius 3 is 2.59 bits per heavy atom. The second-order valence-corrected chi connectivity index (χ2v) is 9.02. The average molecular weight is 544 g/mol. The molecule has 15 heteroatoms. The van der Waals surface area contributed by atoms with Crippen molar-refractivity contribution in [3.8, 4) is 11.6 Å². The van der Waals surface area contributed by atoms with Crippen molar-refractivity contribution in [2.24, 2.45) is 0 Å². The van der Waals surface area contributed by atoms with E-state index in [9.17, 15) is 22.8 Å². The summed E-state index contributed by atoms with van der Waals surface area (Å²) < 4.78 is 43.3. The number of pyridine rings is 1. The molecule has 0 unspecified atom stereocenters. The SMILES string of the molecule is CC(=O)NC[C@H]1C(=O)N2CCCc3nc(NCc4ccc(Oc5cnc(C(F)(F)F)nc5)nc4)nc(c32)N1C. The van der Waals surface area contributed by atoms with Gasteiger partial charge in [-0.15, -0.1) is 0 Å². The van der Waals surface area contributed by atoms with Gasteiger partial charge in [-0.3, -0.25) is 9.59 Å². The molecule has 1 atom stereocenters. The molecule has 0 radical (unpaired) electrons. The van der Waals surface area contributed by atoms with Crippen molar-refractivity contribution in [3.05, 3.63) is 47.8 Å². The van der Waals surface area contributed by atoms with Crippen molar-refractivity contribution in [1.29, 1.82) is 0 Å². The maximum atomic E-state index is 13.1. The predicted molar refractivity (Wildman–Crippen MR) is 132 cm³/mol. The molecule has 2 aliphatic rings. The summed E-state index contributed by atoms with van der Waals surface area (Å²) in [5, 5.41) is 5.90. The van der Waals surface area contributed by atoms with Crippen LogP contribution in [0.2, 0.25) is 0 Å². The van der Waals surface area contributed by atoms with Gasteiger partial charge in [0.25, 0.3) is 5.91 Å². The third kappa shape index (κ3) is 5.51. The largest absolute Gasteiger partial charge is 0.451 e. The lowest BCUT2D eigenvalue weighted by Gasteiger charge is -2.42. The Morgan fingerprint density at radius 1 is 1.15 bits per heavy atom. The molecule has 0 saturated heterocycles. The Bertz CT molecular complexity index is 1380. The minimum absolute atomic E-state index is 0.0197. The number of likely N-dealkylation sites (N-methyl/N-ethyl adjacent to an activating group) is 1. The van der Waals surface area contributed by atoms with Crippen LogP contribution in [0.15, 0.2) is 30.7 Å². The molecule has 39 heavy (non-hydrogen) atoms. The number of aromatic nitrogens is 5. The number of alkyl halides is 3. The van der Waals surface area contributed by atoms with Crippen LogP contribution in [-0.4, -0.2) is 62.9 Å². The number of nitrogens with zero attached hydrogens (tertiary/aromatic N) is 7. The number of rotatable bonds is 7. The Labute approximate surface area is 220 Å². The molecule has 0 fully saturated rings. The molecule has 0 spiro atoms. The van der Waals surface area contributed by atoms with Gasteiger partial charge in [-0.1, -0.05) is 6.07 Å². The Morgan fingerprint density at radius 2 is 1.92 bits per heavy atom. The van der Waals surface area contributed by atoms with E-state index in [0.29, 0.717) is 37.0 Å². The smallest absolute Gasteiger partial charge is 0.436 e. The van der Waals surface area contributed by atoms with E-state index < -0.39 is 18.0 Å². The summed E-state index contributed by atoms with van der Waals surface area (Å²) in [4.78, 5) is 48.0. The average Bonchev–Trinajstić information content (AvgIpc) is 2.90. The summed E-state index contributed by atoms with van der Waals surface area (Å²) in [7, 11) is 1.77. The summed E-state index contributed by atoms with van der Waals surface area (Å²) >= 11 is 0. The molecule has 0 aromatic carbocycles. The molecule has 3 aromatic rings. The fraction of sp³-hybridized carbons (Fsp3) is 0.375. The highest BCUT2D eigenvalue weighted by Gasteiger charge is 2.41. The van der Waals surface area contributed by atoms with Crippen LogP contribution in [0.25, 0.3) is 0 Å². The van der Waals surface area contributed by atoms with E-state index in [2.05, 4.69) is 35.6 Å². The number of anilines is 3. The van der Waals surface area contributed by atoms with Crippen molar-refractivity contribution in [1.82, 2.24) is 30.2 Å². The van der Waals surface area contributed by atoms with E-state index >= 15 is 0 Å². The Balaban J connectivity index is 1.27. The Kier molecular flexibility index (Phi) is 6.89. The lowest BCUT2D eigenvalue weighted by Crippen LogP contribution is -2.58.